The fourth-order valence-corrected chi connectivity index (χ4v) is 2.50. The molecule has 0 aliphatic heterocycles. The van der Waals surface area contributed by atoms with Gasteiger partial charge in [-0.1, -0.05) is 12.1 Å². The van der Waals surface area contributed by atoms with Crippen LogP contribution >= 0.6 is 22.6 Å². The number of hydrogen-bond acceptors (Lipinski definition) is 1. The number of hydrogen-bond donors (Lipinski definition) is 1. The summed E-state index contributed by atoms with van der Waals surface area (Å²) in [6.07, 6.45) is 0.543. The summed E-state index contributed by atoms with van der Waals surface area (Å²) in [5, 5.41) is 2.74. The molecule has 0 radical (unpaired) electrons. The Balaban J connectivity index is 1.92. The molecule has 5 heteroatoms. The Morgan fingerprint density at radius 3 is 2.55 bits per heavy atom. The molecule has 20 heavy (non-hydrogen) atoms. The zero-order chi connectivity index (χ0) is 14.5. The molecule has 2 aromatic rings. The van der Waals surface area contributed by atoms with E-state index >= 15 is 0 Å². The Morgan fingerprint density at radius 2 is 1.85 bits per heavy atom. The van der Waals surface area contributed by atoms with Crippen LogP contribution in [-0.2, 0) is 6.42 Å². The highest BCUT2D eigenvalue weighted by atomic mass is 127. The SMILES string of the molecule is O=C(NCCc1cccc(F)c1)c1ccc(F)cc1I. The summed E-state index contributed by atoms with van der Waals surface area (Å²) in [5.74, 6) is -0.918. The lowest BCUT2D eigenvalue weighted by Crippen LogP contribution is -2.26. The number of amides is 1. The number of benzene rings is 2. The molecule has 0 aliphatic rings. The van der Waals surface area contributed by atoms with Gasteiger partial charge >= 0.3 is 0 Å². The summed E-state index contributed by atoms with van der Waals surface area (Å²) >= 11 is 1.92. The topological polar surface area (TPSA) is 29.1 Å². The second-order valence-corrected chi connectivity index (χ2v) is 5.42. The monoisotopic (exact) mass is 387 g/mol. The average Bonchev–Trinajstić information content (AvgIpc) is 2.38. The predicted molar refractivity (Wildman–Crippen MR) is 81.6 cm³/mol. The molecule has 0 saturated carbocycles. The molecule has 0 spiro atoms. The number of carbonyl (C=O) groups excluding carboxylic acids is 1. The van der Waals surface area contributed by atoms with E-state index in [4.69, 9.17) is 0 Å². The Labute approximate surface area is 129 Å². The van der Waals surface area contributed by atoms with Gasteiger partial charge in [-0.2, -0.15) is 0 Å². The summed E-state index contributed by atoms with van der Waals surface area (Å²) in [6.45, 7) is 0.399. The second-order valence-electron chi connectivity index (χ2n) is 4.26. The molecule has 0 unspecified atom stereocenters. The van der Waals surface area contributed by atoms with Crippen molar-refractivity contribution in [3.05, 3.63) is 68.8 Å². The molecule has 0 atom stereocenters. The minimum Gasteiger partial charge on any atom is -0.352 e. The summed E-state index contributed by atoms with van der Waals surface area (Å²) in [6, 6.07) is 10.3. The maximum atomic E-state index is 13.0. The molecule has 2 nitrogen and oxygen atoms in total. The maximum Gasteiger partial charge on any atom is 0.252 e. The number of nitrogens with one attached hydrogen (secondary N) is 1. The van der Waals surface area contributed by atoms with Crippen molar-refractivity contribution in [1.29, 1.82) is 0 Å². The van der Waals surface area contributed by atoms with Gasteiger partial charge in [0.1, 0.15) is 11.6 Å². The lowest BCUT2D eigenvalue weighted by molar-refractivity contribution is 0.0953. The first-order valence-electron chi connectivity index (χ1n) is 6.04. The normalized spacial score (nSPS) is 10.3. The van der Waals surface area contributed by atoms with Gasteiger partial charge in [-0.3, -0.25) is 4.79 Å². The van der Waals surface area contributed by atoms with E-state index in [-0.39, 0.29) is 17.5 Å². The van der Waals surface area contributed by atoms with Crippen molar-refractivity contribution in [3.8, 4) is 0 Å². The molecular formula is C15H12F2INO. The molecule has 1 N–H and O–H groups in total. The van der Waals surface area contributed by atoms with Crippen LogP contribution in [0.2, 0.25) is 0 Å². The van der Waals surface area contributed by atoms with Crippen molar-refractivity contribution >= 4 is 28.5 Å². The van der Waals surface area contributed by atoms with Gasteiger partial charge in [0, 0.05) is 10.1 Å². The van der Waals surface area contributed by atoms with Crippen LogP contribution in [-0.4, -0.2) is 12.5 Å². The first kappa shape index (κ1) is 14.9. The fraction of sp³-hybridized carbons (Fsp3) is 0.133. The smallest absolute Gasteiger partial charge is 0.252 e. The van der Waals surface area contributed by atoms with Crippen molar-refractivity contribution in [2.24, 2.45) is 0 Å². The Morgan fingerprint density at radius 1 is 1.10 bits per heavy atom. The minimum absolute atomic E-state index is 0.259. The van der Waals surface area contributed by atoms with E-state index in [1.54, 1.807) is 12.1 Å². The van der Waals surface area contributed by atoms with Crippen LogP contribution in [0.5, 0.6) is 0 Å². The van der Waals surface area contributed by atoms with Gasteiger partial charge in [0.05, 0.1) is 5.56 Å². The summed E-state index contributed by atoms with van der Waals surface area (Å²) < 4.78 is 26.5. The second kappa shape index (κ2) is 6.78. The third-order valence-electron chi connectivity index (χ3n) is 2.76. The standard InChI is InChI=1S/C15H12F2INO/c16-11-3-1-2-10(8-11)6-7-19-15(20)13-5-4-12(17)9-14(13)18/h1-5,8-9H,6-7H2,(H,19,20). The minimum atomic E-state index is -0.370. The Hall–Kier alpha value is -1.50. The van der Waals surface area contributed by atoms with E-state index in [9.17, 15) is 13.6 Å². The first-order valence-corrected chi connectivity index (χ1v) is 7.12. The highest BCUT2D eigenvalue weighted by molar-refractivity contribution is 14.1. The van der Waals surface area contributed by atoms with Gasteiger partial charge < -0.3 is 5.32 Å². The van der Waals surface area contributed by atoms with Gasteiger partial charge in [-0.25, -0.2) is 8.78 Å². The van der Waals surface area contributed by atoms with E-state index < -0.39 is 0 Å². The zero-order valence-electron chi connectivity index (χ0n) is 10.5. The molecule has 2 aromatic carbocycles. The van der Waals surface area contributed by atoms with Crippen molar-refractivity contribution < 1.29 is 13.6 Å². The average molecular weight is 387 g/mol. The lowest BCUT2D eigenvalue weighted by Gasteiger charge is -2.07. The highest BCUT2D eigenvalue weighted by Gasteiger charge is 2.10. The largest absolute Gasteiger partial charge is 0.352 e. The summed E-state index contributed by atoms with van der Waals surface area (Å²) in [7, 11) is 0. The van der Waals surface area contributed by atoms with Gasteiger partial charge in [0.2, 0.25) is 0 Å². The third kappa shape index (κ3) is 4.00. The molecule has 104 valence electrons. The first-order chi connectivity index (χ1) is 9.56. The van der Waals surface area contributed by atoms with E-state index in [0.717, 1.165) is 5.56 Å². The van der Waals surface area contributed by atoms with Crippen molar-refractivity contribution in [2.45, 2.75) is 6.42 Å². The van der Waals surface area contributed by atoms with Crippen LogP contribution in [0.1, 0.15) is 15.9 Å². The Bertz CT molecular complexity index is 631. The number of rotatable bonds is 4. The van der Waals surface area contributed by atoms with Gasteiger partial charge in [-0.15, -0.1) is 0 Å². The molecule has 0 heterocycles. The van der Waals surface area contributed by atoms with Crippen LogP contribution in [0.4, 0.5) is 8.78 Å². The molecule has 1 amide bonds. The van der Waals surface area contributed by atoms with Crippen molar-refractivity contribution in [3.63, 3.8) is 0 Å². The van der Waals surface area contributed by atoms with E-state index in [0.29, 0.717) is 22.1 Å². The third-order valence-corrected chi connectivity index (χ3v) is 3.66. The molecular weight excluding hydrogens is 375 g/mol. The maximum absolute atomic E-state index is 13.0. The lowest BCUT2D eigenvalue weighted by atomic mass is 10.1. The van der Waals surface area contributed by atoms with Crippen molar-refractivity contribution in [2.75, 3.05) is 6.54 Å². The zero-order valence-corrected chi connectivity index (χ0v) is 12.7. The van der Waals surface area contributed by atoms with Gasteiger partial charge in [0.25, 0.3) is 5.91 Å². The summed E-state index contributed by atoms with van der Waals surface area (Å²) in [4.78, 5) is 11.9. The Kier molecular flexibility index (Phi) is 5.05. The van der Waals surface area contributed by atoms with E-state index in [1.807, 2.05) is 22.6 Å². The van der Waals surface area contributed by atoms with Crippen LogP contribution in [0.25, 0.3) is 0 Å². The van der Waals surface area contributed by atoms with E-state index in [2.05, 4.69) is 5.32 Å². The molecule has 0 fully saturated rings. The van der Waals surface area contributed by atoms with Crippen LogP contribution in [0.15, 0.2) is 42.5 Å². The van der Waals surface area contributed by atoms with Crippen LogP contribution in [0, 0.1) is 15.2 Å². The van der Waals surface area contributed by atoms with Crippen LogP contribution in [0.3, 0.4) is 0 Å². The number of carbonyl (C=O) groups is 1. The molecule has 0 aliphatic carbocycles. The fourth-order valence-electron chi connectivity index (χ4n) is 1.78. The predicted octanol–water partition coefficient (Wildman–Crippen LogP) is 3.54. The summed E-state index contributed by atoms with van der Waals surface area (Å²) in [5.41, 5.74) is 1.25. The van der Waals surface area contributed by atoms with Gasteiger partial charge in [0.15, 0.2) is 0 Å². The quantitative estimate of drug-likeness (QED) is 0.800. The molecule has 0 aromatic heterocycles. The highest BCUT2D eigenvalue weighted by Crippen LogP contribution is 2.13. The van der Waals surface area contributed by atoms with Crippen LogP contribution < -0.4 is 5.32 Å². The number of halogens is 3. The molecule has 0 saturated heterocycles. The van der Waals surface area contributed by atoms with Crippen molar-refractivity contribution in [1.82, 2.24) is 5.32 Å². The molecule has 2 rings (SSSR count). The van der Waals surface area contributed by atoms with Gasteiger partial charge in [-0.05, 0) is 64.9 Å². The molecule has 0 bridgehead atoms. The van der Waals surface area contributed by atoms with E-state index in [1.165, 1.54) is 30.3 Å².